The van der Waals surface area contributed by atoms with Gasteiger partial charge in [0.15, 0.2) is 11.3 Å². The van der Waals surface area contributed by atoms with E-state index in [9.17, 15) is 49.8 Å². The average molecular weight is 535 g/mol. The van der Waals surface area contributed by atoms with E-state index in [1.807, 2.05) is 0 Å². The Balaban J connectivity index is 3.54. The van der Waals surface area contributed by atoms with Crippen molar-refractivity contribution in [2.75, 3.05) is 39.6 Å². The molecule has 1 aromatic rings. The van der Waals surface area contributed by atoms with E-state index >= 15 is 0 Å². The SMILES string of the molecule is O=C=NC(CCc1ccccc1CCC(N=C=O)(N=C=O)C(CO)(CO)CO)(N=C=O)C(CO)(CO)CO. The number of hydrogen-bond donors (Lipinski definition) is 6. The molecule has 0 aromatic heterocycles. The van der Waals surface area contributed by atoms with Crippen LogP contribution in [0.5, 0.6) is 0 Å². The summed E-state index contributed by atoms with van der Waals surface area (Å²) in [5.74, 6) is 0. The van der Waals surface area contributed by atoms with E-state index in [2.05, 4.69) is 20.0 Å². The highest BCUT2D eigenvalue weighted by Gasteiger charge is 2.53. The molecule has 0 fully saturated rings. The Hall–Kier alpha value is -3.50. The molecule has 0 aliphatic heterocycles. The largest absolute Gasteiger partial charge is 0.395 e. The molecule has 0 aliphatic carbocycles. The summed E-state index contributed by atoms with van der Waals surface area (Å²) in [4.78, 5) is 59.1. The van der Waals surface area contributed by atoms with Gasteiger partial charge in [0, 0.05) is 0 Å². The lowest BCUT2D eigenvalue weighted by atomic mass is 9.73. The second kappa shape index (κ2) is 15.0. The molecule has 0 radical (unpaired) electrons. The number of rotatable bonds is 18. The van der Waals surface area contributed by atoms with Gasteiger partial charge in [-0.25, -0.2) is 19.2 Å². The van der Waals surface area contributed by atoms with Crippen molar-refractivity contribution >= 4 is 24.3 Å². The Kier molecular flexibility index (Phi) is 12.9. The third-order valence-corrected chi connectivity index (χ3v) is 7.04. The fraction of sp³-hybridized carbons (Fsp3) is 0.583. The van der Waals surface area contributed by atoms with Crippen molar-refractivity contribution < 1.29 is 49.8 Å². The van der Waals surface area contributed by atoms with Crippen molar-refractivity contribution in [3.05, 3.63) is 35.4 Å². The zero-order valence-electron chi connectivity index (χ0n) is 20.5. The van der Waals surface area contributed by atoms with Gasteiger partial charge in [-0.1, -0.05) is 24.3 Å². The van der Waals surface area contributed by atoms with Crippen LogP contribution in [-0.4, -0.2) is 106 Å². The van der Waals surface area contributed by atoms with Crippen molar-refractivity contribution in [3.8, 4) is 0 Å². The van der Waals surface area contributed by atoms with Crippen molar-refractivity contribution in [2.24, 2.45) is 30.8 Å². The first-order valence-electron chi connectivity index (χ1n) is 11.4. The van der Waals surface area contributed by atoms with E-state index in [1.54, 1.807) is 24.3 Å². The first-order valence-corrected chi connectivity index (χ1v) is 11.4. The molecule has 0 aliphatic rings. The minimum atomic E-state index is -2.12. The molecule has 1 rings (SSSR count). The molecular weight excluding hydrogens is 504 g/mol. The molecule has 0 saturated heterocycles. The number of aliphatic hydroxyl groups excluding tert-OH is 6. The molecule has 6 N–H and O–H groups in total. The van der Waals surface area contributed by atoms with Crippen LogP contribution in [0.2, 0.25) is 0 Å². The van der Waals surface area contributed by atoms with Gasteiger partial charge in [-0.2, -0.15) is 20.0 Å². The quantitative estimate of drug-likeness (QED) is 0.0913. The van der Waals surface area contributed by atoms with Crippen LogP contribution in [0.4, 0.5) is 0 Å². The molecule has 1 aromatic carbocycles. The summed E-state index contributed by atoms with van der Waals surface area (Å²) in [6.45, 7) is -5.34. The summed E-state index contributed by atoms with van der Waals surface area (Å²) in [6.07, 6.45) is 4.54. The van der Waals surface area contributed by atoms with E-state index in [-0.39, 0.29) is 25.7 Å². The van der Waals surface area contributed by atoms with Crippen LogP contribution in [0.3, 0.4) is 0 Å². The standard InChI is InChI=1S/C24H30N4O10/c29-9-21(10-30,11-31)23(25-15-35,26-16-36)7-5-19-3-1-2-4-20(19)6-8-24(27-17-37,28-18-38)22(12-32,13-33)14-34/h1-4,29-34H,5-14H2. The maximum absolute atomic E-state index is 11.2. The van der Waals surface area contributed by atoms with Crippen LogP contribution >= 0.6 is 0 Å². The van der Waals surface area contributed by atoms with Crippen LogP contribution in [-0.2, 0) is 32.0 Å². The monoisotopic (exact) mass is 534 g/mol. The maximum Gasteiger partial charge on any atom is 0.237 e. The van der Waals surface area contributed by atoms with Gasteiger partial charge in [0.25, 0.3) is 0 Å². The zero-order chi connectivity index (χ0) is 28.7. The summed E-state index contributed by atoms with van der Waals surface area (Å²) in [7, 11) is 0. The van der Waals surface area contributed by atoms with Crippen LogP contribution in [0, 0.1) is 10.8 Å². The van der Waals surface area contributed by atoms with Gasteiger partial charge in [0.05, 0.1) is 50.5 Å². The van der Waals surface area contributed by atoms with Gasteiger partial charge in [0.1, 0.15) is 0 Å². The fourth-order valence-corrected chi connectivity index (χ4v) is 4.30. The molecule has 0 saturated carbocycles. The second-order valence-electron chi connectivity index (χ2n) is 8.72. The van der Waals surface area contributed by atoms with Gasteiger partial charge in [-0.15, -0.1) is 0 Å². The average Bonchev–Trinajstić information content (AvgIpc) is 2.94. The van der Waals surface area contributed by atoms with E-state index in [1.165, 1.54) is 24.3 Å². The highest BCUT2D eigenvalue weighted by molar-refractivity contribution is 5.42. The molecule has 0 atom stereocenters. The molecule has 0 heterocycles. The lowest BCUT2D eigenvalue weighted by Gasteiger charge is -2.40. The summed E-state index contributed by atoms with van der Waals surface area (Å²) >= 11 is 0. The van der Waals surface area contributed by atoms with Crippen molar-refractivity contribution in [1.82, 2.24) is 0 Å². The molecule has 38 heavy (non-hydrogen) atoms. The summed E-state index contributed by atoms with van der Waals surface area (Å²) in [5.41, 5.74) is -6.94. The Morgan fingerprint density at radius 3 is 1.00 bits per heavy atom. The molecule has 14 heteroatoms. The molecule has 206 valence electrons. The highest BCUT2D eigenvalue weighted by atomic mass is 16.3. The van der Waals surface area contributed by atoms with Crippen molar-refractivity contribution in [2.45, 2.75) is 37.0 Å². The van der Waals surface area contributed by atoms with Crippen LogP contribution in [0.25, 0.3) is 0 Å². The van der Waals surface area contributed by atoms with Gasteiger partial charge in [-0.3, -0.25) is 0 Å². The van der Waals surface area contributed by atoms with Crippen LogP contribution in [0.15, 0.2) is 44.2 Å². The van der Waals surface area contributed by atoms with Gasteiger partial charge < -0.3 is 30.6 Å². The fourth-order valence-electron chi connectivity index (χ4n) is 4.30. The van der Waals surface area contributed by atoms with E-state index in [4.69, 9.17) is 0 Å². The number of carbonyl (C=O) groups excluding carboxylic acids is 4. The number of aryl methyl sites for hydroxylation is 2. The first kappa shape index (κ1) is 32.5. The van der Waals surface area contributed by atoms with E-state index < -0.39 is 61.8 Å². The number of aliphatic hydroxyl groups is 6. The Morgan fingerprint density at radius 2 is 0.789 bits per heavy atom. The van der Waals surface area contributed by atoms with Gasteiger partial charge in [0.2, 0.25) is 24.3 Å². The van der Waals surface area contributed by atoms with Crippen LogP contribution < -0.4 is 0 Å². The molecule has 0 amide bonds. The summed E-state index contributed by atoms with van der Waals surface area (Å²) in [5, 5.41) is 59.4. The Morgan fingerprint density at radius 1 is 0.526 bits per heavy atom. The lowest BCUT2D eigenvalue weighted by Crippen LogP contribution is -2.53. The second-order valence-corrected chi connectivity index (χ2v) is 8.72. The summed E-state index contributed by atoms with van der Waals surface area (Å²) in [6, 6.07) is 6.62. The third kappa shape index (κ3) is 6.31. The van der Waals surface area contributed by atoms with E-state index in [0.717, 1.165) is 0 Å². The van der Waals surface area contributed by atoms with Crippen molar-refractivity contribution in [1.29, 1.82) is 0 Å². The smallest absolute Gasteiger partial charge is 0.237 e. The topological polar surface area (TPSA) is 239 Å². The molecule has 0 unspecified atom stereocenters. The molecular formula is C24H30N4O10. The minimum absolute atomic E-state index is 0.0142. The lowest BCUT2D eigenvalue weighted by molar-refractivity contribution is -0.0519. The highest BCUT2D eigenvalue weighted by Crippen LogP contribution is 2.41. The predicted octanol–water partition coefficient (Wildman–Crippen LogP) is -1.79. The van der Waals surface area contributed by atoms with E-state index in [0.29, 0.717) is 11.1 Å². The number of benzene rings is 1. The number of isocyanates is 4. The Labute approximate surface area is 217 Å². The zero-order valence-corrected chi connectivity index (χ0v) is 20.5. The maximum atomic E-state index is 11.2. The van der Waals surface area contributed by atoms with Crippen LogP contribution in [0.1, 0.15) is 24.0 Å². The summed E-state index contributed by atoms with van der Waals surface area (Å²) < 4.78 is 0. The molecule has 0 spiro atoms. The number of aliphatic imine (C=N–C) groups is 4. The number of nitrogens with zero attached hydrogens (tertiary/aromatic N) is 4. The van der Waals surface area contributed by atoms with Gasteiger partial charge in [-0.05, 0) is 36.8 Å². The first-order chi connectivity index (χ1) is 18.3. The normalized spacial score (nSPS) is 14.5. The number of hydrogen-bond acceptors (Lipinski definition) is 14. The third-order valence-electron chi connectivity index (χ3n) is 7.04. The minimum Gasteiger partial charge on any atom is -0.395 e. The van der Waals surface area contributed by atoms with Crippen molar-refractivity contribution in [3.63, 3.8) is 0 Å². The molecule has 14 nitrogen and oxygen atoms in total. The molecule has 0 bridgehead atoms. The van der Waals surface area contributed by atoms with Gasteiger partial charge >= 0.3 is 0 Å². The predicted molar refractivity (Wildman–Crippen MR) is 128 cm³/mol. The Bertz CT molecular complexity index is 969.